The molecule has 0 spiro atoms. The Bertz CT molecular complexity index is 499. The summed E-state index contributed by atoms with van der Waals surface area (Å²) in [4.78, 5) is 23.7. The van der Waals surface area contributed by atoms with Gasteiger partial charge in [0.2, 0.25) is 5.91 Å². The van der Waals surface area contributed by atoms with E-state index in [1.807, 2.05) is 13.0 Å². The molecule has 0 saturated carbocycles. The van der Waals surface area contributed by atoms with Gasteiger partial charge in [-0.3, -0.25) is 9.59 Å². The third kappa shape index (κ3) is 3.49. The zero-order chi connectivity index (χ0) is 13.8. The van der Waals surface area contributed by atoms with Gasteiger partial charge in [-0.2, -0.15) is 0 Å². The number of carbonyl (C=O) groups excluding carboxylic acids is 2. The maximum Gasteiger partial charge on any atom is 0.251 e. The van der Waals surface area contributed by atoms with E-state index in [1.54, 1.807) is 19.2 Å². The smallest absolute Gasteiger partial charge is 0.251 e. The van der Waals surface area contributed by atoms with Crippen LogP contribution in [0.2, 0.25) is 0 Å². The maximum absolute atomic E-state index is 12.0. The van der Waals surface area contributed by atoms with Crippen molar-refractivity contribution in [3.8, 4) is 0 Å². The van der Waals surface area contributed by atoms with Gasteiger partial charge in [0.15, 0.2) is 0 Å². The zero-order valence-corrected chi connectivity index (χ0v) is 12.5. The molecule has 0 aromatic heterocycles. The molecule has 110 valence electrons. The molecule has 20 heavy (non-hydrogen) atoms. The number of hydrogen-bond acceptors (Lipinski definition) is 3. The number of nitrogens with one attached hydrogen (secondary N) is 3. The molecule has 1 aliphatic rings. The molecule has 1 heterocycles. The predicted octanol–water partition coefficient (Wildman–Crippen LogP) is 1.47. The number of rotatable bonds is 3. The van der Waals surface area contributed by atoms with Crippen LogP contribution >= 0.6 is 12.4 Å². The lowest BCUT2D eigenvalue weighted by molar-refractivity contribution is -0.117. The topological polar surface area (TPSA) is 70.2 Å². The Morgan fingerprint density at radius 2 is 2.10 bits per heavy atom. The molecule has 1 aromatic carbocycles. The first-order valence-electron chi connectivity index (χ1n) is 6.49. The Balaban J connectivity index is 0.00000200. The molecular formula is C14H20ClN3O2. The largest absolute Gasteiger partial charge is 0.355 e. The summed E-state index contributed by atoms with van der Waals surface area (Å²) in [6, 6.07) is 5.21. The molecule has 1 aromatic rings. The van der Waals surface area contributed by atoms with Gasteiger partial charge in [0.05, 0.1) is 6.04 Å². The Morgan fingerprint density at radius 1 is 1.35 bits per heavy atom. The number of anilines is 1. The van der Waals surface area contributed by atoms with Crippen molar-refractivity contribution in [2.75, 3.05) is 18.9 Å². The molecule has 1 atom stereocenters. The highest BCUT2D eigenvalue weighted by molar-refractivity contribution is 6.00. The number of hydrogen-bond donors (Lipinski definition) is 3. The lowest BCUT2D eigenvalue weighted by Crippen LogP contribution is -2.35. The molecule has 0 unspecified atom stereocenters. The van der Waals surface area contributed by atoms with Crippen molar-refractivity contribution in [1.82, 2.24) is 10.6 Å². The Kier molecular flexibility index (Phi) is 5.98. The van der Waals surface area contributed by atoms with E-state index in [0.29, 0.717) is 11.3 Å². The fourth-order valence-electron chi connectivity index (χ4n) is 2.28. The van der Waals surface area contributed by atoms with Crippen molar-refractivity contribution < 1.29 is 9.59 Å². The predicted molar refractivity (Wildman–Crippen MR) is 81.5 cm³/mol. The lowest BCUT2D eigenvalue weighted by atomic mass is 10.1. The van der Waals surface area contributed by atoms with Crippen LogP contribution in [-0.4, -0.2) is 31.4 Å². The van der Waals surface area contributed by atoms with Crippen molar-refractivity contribution >= 4 is 29.9 Å². The highest BCUT2D eigenvalue weighted by Crippen LogP contribution is 2.20. The summed E-state index contributed by atoms with van der Waals surface area (Å²) in [6.45, 7) is 2.72. The molecule has 1 saturated heterocycles. The van der Waals surface area contributed by atoms with Crippen LogP contribution in [0, 0.1) is 6.92 Å². The van der Waals surface area contributed by atoms with Crippen LogP contribution in [0.5, 0.6) is 0 Å². The molecule has 5 nitrogen and oxygen atoms in total. The molecule has 0 aliphatic carbocycles. The highest BCUT2D eigenvalue weighted by Gasteiger charge is 2.22. The van der Waals surface area contributed by atoms with Crippen molar-refractivity contribution in [3.05, 3.63) is 29.3 Å². The van der Waals surface area contributed by atoms with Gasteiger partial charge in [0, 0.05) is 18.3 Å². The maximum atomic E-state index is 12.0. The van der Waals surface area contributed by atoms with Gasteiger partial charge in [-0.25, -0.2) is 0 Å². The average molecular weight is 298 g/mol. The number of benzene rings is 1. The van der Waals surface area contributed by atoms with E-state index in [2.05, 4.69) is 16.0 Å². The highest BCUT2D eigenvalue weighted by atomic mass is 35.5. The number of amides is 2. The fraction of sp³-hybridized carbons (Fsp3) is 0.429. The zero-order valence-electron chi connectivity index (χ0n) is 11.7. The summed E-state index contributed by atoms with van der Waals surface area (Å²) in [5, 5.41) is 8.64. The minimum atomic E-state index is -0.146. The summed E-state index contributed by atoms with van der Waals surface area (Å²) < 4.78 is 0. The van der Waals surface area contributed by atoms with E-state index in [0.717, 1.165) is 24.9 Å². The Labute approximate surface area is 124 Å². The SMILES string of the molecule is CNC(=O)c1cccc(NC(=O)[C@@H]2CCCN2)c1C.Cl. The van der Waals surface area contributed by atoms with Gasteiger partial charge in [-0.1, -0.05) is 6.07 Å². The van der Waals surface area contributed by atoms with Gasteiger partial charge in [0.1, 0.15) is 0 Å². The molecule has 6 heteroatoms. The second-order valence-corrected chi connectivity index (χ2v) is 4.70. The standard InChI is InChI=1S/C14H19N3O2.ClH/c1-9-10(13(18)15-2)5-3-6-11(9)17-14(19)12-7-4-8-16-12;/h3,5-6,12,16H,4,7-8H2,1-2H3,(H,15,18)(H,17,19);1H/t12-;/m0./s1. The van der Waals surface area contributed by atoms with Gasteiger partial charge in [0.25, 0.3) is 5.91 Å². The van der Waals surface area contributed by atoms with E-state index < -0.39 is 0 Å². The number of halogens is 1. The second kappa shape index (κ2) is 7.26. The van der Waals surface area contributed by atoms with Crippen LogP contribution in [-0.2, 0) is 4.79 Å². The lowest BCUT2D eigenvalue weighted by Gasteiger charge is -2.14. The van der Waals surface area contributed by atoms with E-state index in [4.69, 9.17) is 0 Å². The second-order valence-electron chi connectivity index (χ2n) is 4.70. The molecule has 3 N–H and O–H groups in total. The van der Waals surface area contributed by atoms with Crippen LogP contribution in [0.1, 0.15) is 28.8 Å². The van der Waals surface area contributed by atoms with E-state index >= 15 is 0 Å². The van der Waals surface area contributed by atoms with Gasteiger partial charge in [-0.05, 0) is 44.0 Å². The van der Waals surface area contributed by atoms with Crippen LogP contribution < -0.4 is 16.0 Å². The van der Waals surface area contributed by atoms with Crippen LogP contribution in [0.3, 0.4) is 0 Å². The quantitative estimate of drug-likeness (QED) is 0.791. The monoisotopic (exact) mass is 297 g/mol. The summed E-state index contributed by atoms with van der Waals surface area (Å²) in [5.41, 5.74) is 2.06. The normalized spacial score (nSPS) is 17.2. The summed E-state index contributed by atoms with van der Waals surface area (Å²) in [5.74, 6) is -0.178. The van der Waals surface area contributed by atoms with Crippen LogP contribution in [0.4, 0.5) is 5.69 Å². The molecule has 1 aliphatic heterocycles. The third-order valence-corrected chi connectivity index (χ3v) is 3.44. The minimum Gasteiger partial charge on any atom is -0.355 e. The first-order chi connectivity index (χ1) is 9.13. The molecule has 0 bridgehead atoms. The average Bonchev–Trinajstić information content (AvgIpc) is 2.94. The molecule has 0 radical (unpaired) electrons. The van der Waals surface area contributed by atoms with Crippen molar-refractivity contribution in [2.45, 2.75) is 25.8 Å². The van der Waals surface area contributed by atoms with E-state index in [-0.39, 0.29) is 30.3 Å². The first kappa shape index (κ1) is 16.5. The Hall–Kier alpha value is -1.59. The van der Waals surface area contributed by atoms with Gasteiger partial charge < -0.3 is 16.0 Å². The summed E-state index contributed by atoms with van der Waals surface area (Å²) in [7, 11) is 1.59. The molecule has 2 amide bonds. The molecular weight excluding hydrogens is 278 g/mol. The van der Waals surface area contributed by atoms with Crippen molar-refractivity contribution in [2.24, 2.45) is 0 Å². The van der Waals surface area contributed by atoms with Gasteiger partial charge in [-0.15, -0.1) is 12.4 Å². The summed E-state index contributed by atoms with van der Waals surface area (Å²) >= 11 is 0. The minimum absolute atomic E-state index is 0. The van der Waals surface area contributed by atoms with Crippen molar-refractivity contribution in [1.29, 1.82) is 0 Å². The Morgan fingerprint density at radius 3 is 2.70 bits per heavy atom. The van der Waals surface area contributed by atoms with Crippen LogP contribution in [0.15, 0.2) is 18.2 Å². The third-order valence-electron chi connectivity index (χ3n) is 3.44. The molecule has 1 fully saturated rings. The first-order valence-corrected chi connectivity index (χ1v) is 6.49. The van der Waals surface area contributed by atoms with Crippen LogP contribution in [0.25, 0.3) is 0 Å². The van der Waals surface area contributed by atoms with Crippen molar-refractivity contribution in [3.63, 3.8) is 0 Å². The molecule has 2 rings (SSSR count). The fourth-order valence-corrected chi connectivity index (χ4v) is 2.28. The van der Waals surface area contributed by atoms with E-state index in [1.165, 1.54) is 0 Å². The van der Waals surface area contributed by atoms with Gasteiger partial charge >= 0.3 is 0 Å². The van der Waals surface area contributed by atoms with E-state index in [9.17, 15) is 9.59 Å². The number of carbonyl (C=O) groups is 2. The summed E-state index contributed by atoms with van der Waals surface area (Å²) in [6.07, 6.45) is 1.88.